The van der Waals surface area contributed by atoms with E-state index in [1.54, 1.807) is 0 Å². The molecule has 1 atom stereocenters. The standard InChI is InChI=1S/C17H27NO2/c1-14-6-7-15(2)17(13-14)20-12-11-19-10-8-16-5-3-4-9-18-16/h6-7,13,16,18H,3-5,8-12H2,1-2H3. The highest BCUT2D eigenvalue weighted by Crippen LogP contribution is 2.18. The van der Waals surface area contributed by atoms with Crippen molar-refractivity contribution in [1.29, 1.82) is 0 Å². The number of hydrogen-bond donors (Lipinski definition) is 1. The van der Waals surface area contributed by atoms with Crippen LogP contribution in [0.4, 0.5) is 0 Å². The minimum Gasteiger partial charge on any atom is -0.491 e. The number of ether oxygens (including phenoxy) is 2. The minimum atomic E-state index is 0.627. The summed E-state index contributed by atoms with van der Waals surface area (Å²) in [6.07, 6.45) is 5.08. The average Bonchev–Trinajstić information content (AvgIpc) is 2.47. The molecule has 0 radical (unpaired) electrons. The molecule has 1 aromatic carbocycles. The van der Waals surface area contributed by atoms with Crippen molar-refractivity contribution in [3.8, 4) is 5.75 Å². The zero-order valence-corrected chi connectivity index (χ0v) is 12.8. The summed E-state index contributed by atoms with van der Waals surface area (Å²) >= 11 is 0. The van der Waals surface area contributed by atoms with E-state index in [0.29, 0.717) is 19.3 Å². The maximum absolute atomic E-state index is 5.77. The summed E-state index contributed by atoms with van der Waals surface area (Å²) in [6.45, 7) is 7.45. The van der Waals surface area contributed by atoms with Gasteiger partial charge in [-0.2, -0.15) is 0 Å². The topological polar surface area (TPSA) is 30.5 Å². The van der Waals surface area contributed by atoms with E-state index in [9.17, 15) is 0 Å². The quantitative estimate of drug-likeness (QED) is 0.776. The van der Waals surface area contributed by atoms with Gasteiger partial charge in [-0.25, -0.2) is 0 Å². The lowest BCUT2D eigenvalue weighted by atomic mass is 10.0. The highest BCUT2D eigenvalue weighted by molar-refractivity contribution is 5.35. The third kappa shape index (κ3) is 5.14. The molecule has 3 nitrogen and oxygen atoms in total. The SMILES string of the molecule is Cc1ccc(C)c(OCCOCCC2CCCCN2)c1. The fourth-order valence-corrected chi connectivity index (χ4v) is 2.57. The van der Waals surface area contributed by atoms with Crippen LogP contribution in [-0.4, -0.2) is 32.4 Å². The maximum Gasteiger partial charge on any atom is 0.122 e. The van der Waals surface area contributed by atoms with Gasteiger partial charge < -0.3 is 14.8 Å². The van der Waals surface area contributed by atoms with Crippen molar-refractivity contribution in [1.82, 2.24) is 5.32 Å². The van der Waals surface area contributed by atoms with Crippen molar-refractivity contribution in [2.24, 2.45) is 0 Å². The lowest BCUT2D eigenvalue weighted by Crippen LogP contribution is -2.34. The molecule has 0 aromatic heterocycles. The van der Waals surface area contributed by atoms with E-state index < -0.39 is 0 Å². The van der Waals surface area contributed by atoms with Gasteiger partial charge in [-0.05, 0) is 56.8 Å². The molecule has 1 unspecified atom stereocenters. The molecule has 0 aliphatic carbocycles. The molecule has 1 aromatic rings. The average molecular weight is 277 g/mol. The van der Waals surface area contributed by atoms with Gasteiger partial charge >= 0.3 is 0 Å². The van der Waals surface area contributed by atoms with Crippen LogP contribution in [0.5, 0.6) is 5.75 Å². The lowest BCUT2D eigenvalue weighted by Gasteiger charge is -2.23. The van der Waals surface area contributed by atoms with Crippen LogP contribution in [0.1, 0.15) is 36.8 Å². The Balaban J connectivity index is 1.56. The predicted molar refractivity (Wildman–Crippen MR) is 82.5 cm³/mol. The lowest BCUT2D eigenvalue weighted by molar-refractivity contribution is 0.0909. The van der Waals surface area contributed by atoms with Gasteiger partial charge in [-0.1, -0.05) is 18.6 Å². The molecule has 2 rings (SSSR count). The zero-order chi connectivity index (χ0) is 14.2. The summed E-state index contributed by atoms with van der Waals surface area (Å²) in [7, 11) is 0. The molecule has 1 aliphatic heterocycles. The van der Waals surface area contributed by atoms with Gasteiger partial charge in [0.1, 0.15) is 12.4 Å². The summed E-state index contributed by atoms with van der Waals surface area (Å²) in [6, 6.07) is 6.95. The Morgan fingerprint density at radius 1 is 1.15 bits per heavy atom. The Hall–Kier alpha value is -1.06. The Morgan fingerprint density at radius 3 is 2.85 bits per heavy atom. The Kier molecular flexibility index (Phi) is 6.34. The van der Waals surface area contributed by atoms with E-state index in [4.69, 9.17) is 9.47 Å². The van der Waals surface area contributed by atoms with Gasteiger partial charge in [-0.15, -0.1) is 0 Å². The summed E-state index contributed by atoms with van der Waals surface area (Å²) in [5.41, 5.74) is 2.41. The molecule has 0 bridgehead atoms. The van der Waals surface area contributed by atoms with Gasteiger partial charge in [0.25, 0.3) is 0 Å². The van der Waals surface area contributed by atoms with E-state index in [1.165, 1.54) is 36.9 Å². The van der Waals surface area contributed by atoms with E-state index in [2.05, 4.69) is 37.4 Å². The second-order valence-electron chi connectivity index (χ2n) is 5.67. The molecular formula is C17H27NO2. The van der Waals surface area contributed by atoms with Crippen molar-refractivity contribution in [3.63, 3.8) is 0 Å². The second kappa shape index (κ2) is 8.28. The molecule has 0 spiro atoms. The number of rotatable bonds is 7. The van der Waals surface area contributed by atoms with E-state index >= 15 is 0 Å². The molecule has 1 aliphatic rings. The Bertz CT molecular complexity index is 400. The largest absolute Gasteiger partial charge is 0.491 e. The smallest absolute Gasteiger partial charge is 0.122 e. The van der Waals surface area contributed by atoms with Crippen molar-refractivity contribution < 1.29 is 9.47 Å². The van der Waals surface area contributed by atoms with Gasteiger partial charge in [0.05, 0.1) is 6.61 Å². The van der Waals surface area contributed by atoms with Gasteiger partial charge in [0.2, 0.25) is 0 Å². The third-order valence-electron chi connectivity index (χ3n) is 3.85. The van der Waals surface area contributed by atoms with Crippen LogP contribution in [0.15, 0.2) is 18.2 Å². The summed E-state index contributed by atoms with van der Waals surface area (Å²) in [5, 5.41) is 3.54. The number of nitrogens with one attached hydrogen (secondary N) is 1. The summed E-state index contributed by atoms with van der Waals surface area (Å²) in [4.78, 5) is 0. The fraction of sp³-hybridized carbons (Fsp3) is 0.647. The normalized spacial score (nSPS) is 19.0. The van der Waals surface area contributed by atoms with Crippen molar-refractivity contribution >= 4 is 0 Å². The molecule has 1 heterocycles. The first-order valence-corrected chi connectivity index (χ1v) is 7.77. The molecule has 1 fully saturated rings. The Labute approximate surface area is 122 Å². The van der Waals surface area contributed by atoms with Crippen molar-refractivity contribution in [2.75, 3.05) is 26.4 Å². The maximum atomic E-state index is 5.77. The molecule has 1 N–H and O–H groups in total. The molecule has 0 amide bonds. The number of benzene rings is 1. The van der Waals surface area contributed by atoms with Crippen LogP contribution in [0.3, 0.4) is 0 Å². The molecule has 1 saturated heterocycles. The van der Waals surface area contributed by atoms with Gasteiger partial charge in [-0.3, -0.25) is 0 Å². The third-order valence-corrected chi connectivity index (χ3v) is 3.85. The van der Waals surface area contributed by atoms with Crippen LogP contribution in [0.25, 0.3) is 0 Å². The fourth-order valence-electron chi connectivity index (χ4n) is 2.57. The van der Waals surface area contributed by atoms with Crippen LogP contribution < -0.4 is 10.1 Å². The van der Waals surface area contributed by atoms with Crippen molar-refractivity contribution in [2.45, 2.75) is 45.6 Å². The first-order valence-electron chi connectivity index (χ1n) is 7.77. The molecule has 20 heavy (non-hydrogen) atoms. The van der Waals surface area contributed by atoms with Gasteiger partial charge in [0, 0.05) is 12.6 Å². The molecule has 3 heteroatoms. The van der Waals surface area contributed by atoms with E-state index in [0.717, 1.165) is 18.8 Å². The summed E-state index contributed by atoms with van der Waals surface area (Å²) < 4.78 is 11.4. The van der Waals surface area contributed by atoms with Crippen molar-refractivity contribution in [3.05, 3.63) is 29.3 Å². The monoisotopic (exact) mass is 277 g/mol. The van der Waals surface area contributed by atoms with Crippen LogP contribution >= 0.6 is 0 Å². The van der Waals surface area contributed by atoms with E-state index in [1.807, 2.05) is 0 Å². The number of hydrogen-bond acceptors (Lipinski definition) is 3. The molecule has 112 valence electrons. The second-order valence-corrected chi connectivity index (χ2v) is 5.67. The van der Waals surface area contributed by atoms with E-state index in [-0.39, 0.29) is 0 Å². The zero-order valence-electron chi connectivity index (χ0n) is 12.8. The van der Waals surface area contributed by atoms with Crippen LogP contribution in [0.2, 0.25) is 0 Å². The van der Waals surface area contributed by atoms with Crippen LogP contribution in [-0.2, 0) is 4.74 Å². The predicted octanol–water partition coefficient (Wildman–Crippen LogP) is 3.23. The molecular weight excluding hydrogens is 250 g/mol. The van der Waals surface area contributed by atoms with Gasteiger partial charge in [0.15, 0.2) is 0 Å². The van der Waals surface area contributed by atoms with Crippen LogP contribution in [0, 0.1) is 13.8 Å². The summed E-state index contributed by atoms with van der Waals surface area (Å²) in [5.74, 6) is 0.975. The molecule has 0 saturated carbocycles. The highest BCUT2D eigenvalue weighted by atomic mass is 16.5. The number of piperidine rings is 1. The Morgan fingerprint density at radius 2 is 2.05 bits per heavy atom. The number of aryl methyl sites for hydroxylation is 2. The highest BCUT2D eigenvalue weighted by Gasteiger charge is 2.11. The first-order chi connectivity index (χ1) is 9.75. The first kappa shape index (κ1) is 15.3. The minimum absolute atomic E-state index is 0.627.